The average Bonchev–Trinajstić information content (AvgIpc) is 2.76. The summed E-state index contributed by atoms with van der Waals surface area (Å²) in [6, 6.07) is 1.84. The van der Waals surface area contributed by atoms with Crippen LogP contribution in [0.1, 0.15) is 12.8 Å². The SMILES string of the molecule is CC(O)(CN)Cc1nc(-c2ncc(Br)cc2Br)no1. The zero-order valence-electron chi connectivity index (χ0n) is 10.1. The summed E-state index contributed by atoms with van der Waals surface area (Å²) in [4.78, 5) is 8.42. The van der Waals surface area contributed by atoms with Crippen LogP contribution in [0.3, 0.4) is 0 Å². The normalized spacial score (nSPS) is 14.4. The number of aliphatic hydroxyl groups is 1. The highest BCUT2D eigenvalue weighted by atomic mass is 79.9. The minimum atomic E-state index is -1.06. The molecule has 102 valence electrons. The maximum absolute atomic E-state index is 9.86. The van der Waals surface area contributed by atoms with Crippen molar-refractivity contribution >= 4 is 31.9 Å². The molecule has 0 aromatic carbocycles. The molecule has 2 aromatic rings. The van der Waals surface area contributed by atoms with E-state index in [0.717, 1.165) is 8.95 Å². The van der Waals surface area contributed by atoms with E-state index < -0.39 is 5.60 Å². The van der Waals surface area contributed by atoms with Gasteiger partial charge in [0.25, 0.3) is 0 Å². The van der Waals surface area contributed by atoms with Crippen LogP contribution < -0.4 is 5.73 Å². The monoisotopic (exact) mass is 390 g/mol. The first-order valence-electron chi connectivity index (χ1n) is 5.48. The Labute approximate surface area is 126 Å². The summed E-state index contributed by atoms with van der Waals surface area (Å²) in [5.74, 6) is 0.685. The van der Waals surface area contributed by atoms with Crippen LogP contribution in [0.25, 0.3) is 11.5 Å². The van der Waals surface area contributed by atoms with E-state index in [1.807, 2.05) is 6.07 Å². The second kappa shape index (κ2) is 5.66. The highest BCUT2D eigenvalue weighted by Gasteiger charge is 2.23. The summed E-state index contributed by atoms with van der Waals surface area (Å²) in [6.45, 7) is 1.73. The van der Waals surface area contributed by atoms with E-state index in [1.54, 1.807) is 13.1 Å². The molecular weight excluding hydrogens is 380 g/mol. The zero-order valence-corrected chi connectivity index (χ0v) is 13.3. The Morgan fingerprint density at radius 3 is 2.84 bits per heavy atom. The van der Waals surface area contributed by atoms with E-state index in [1.165, 1.54) is 0 Å². The predicted octanol–water partition coefficient (Wildman–Crippen LogP) is 1.91. The molecule has 1 atom stereocenters. The third-order valence-corrected chi connectivity index (χ3v) is 3.50. The Balaban J connectivity index is 2.26. The molecule has 3 N–H and O–H groups in total. The van der Waals surface area contributed by atoms with E-state index >= 15 is 0 Å². The minimum absolute atomic E-state index is 0.116. The molecule has 0 saturated heterocycles. The standard InChI is InChI=1S/C11H12Br2N4O2/c1-11(18,5-14)3-8-16-10(17-19-8)9-7(13)2-6(12)4-15-9/h2,4,18H,3,5,14H2,1H3. The topological polar surface area (TPSA) is 98.1 Å². The van der Waals surface area contributed by atoms with Crippen LogP contribution in [-0.4, -0.2) is 32.4 Å². The fourth-order valence-corrected chi connectivity index (χ4v) is 2.56. The third-order valence-electron chi connectivity index (χ3n) is 2.46. The first-order chi connectivity index (χ1) is 8.91. The summed E-state index contributed by atoms with van der Waals surface area (Å²) in [7, 11) is 0. The van der Waals surface area contributed by atoms with Gasteiger partial charge in [0.15, 0.2) is 0 Å². The third kappa shape index (κ3) is 3.59. The molecule has 6 nitrogen and oxygen atoms in total. The molecule has 0 bridgehead atoms. The van der Waals surface area contributed by atoms with Crippen molar-refractivity contribution in [3.05, 3.63) is 27.1 Å². The number of nitrogens with zero attached hydrogens (tertiary/aromatic N) is 3. The number of rotatable bonds is 4. The first-order valence-corrected chi connectivity index (χ1v) is 7.06. The van der Waals surface area contributed by atoms with Gasteiger partial charge in [0, 0.05) is 21.7 Å². The average molecular weight is 392 g/mol. The maximum atomic E-state index is 9.86. The Kier molecular flexibility index (Phi) is 4.34. The Morgan fingerprint density at radius 1 is 1.47 bits per heavy atom. The number of nitrogens with two attached hydrogens (primary N) is 1. The highest BCUT2D eigenvalue weighted by molar-refractivity contribution is 9.11. The fourth-order valence-electron chi connectivity index (χ4n) is 1.40. The summed E-state index contributed by atoms with van der Waals surface area (Å²) in [5, 5.41) is 13.7. The second-order valence-corrected chi connectivity index (χ2v) is 6.14. The molecule has 2 aromatic heterocycles. The van der Waals surface area contributed by atoms with Crippen molar-refractivity contribution in [2.45, 2.75) is 18.9 Å². The van der Waals surface area contributed by atoms with Gasteiger partial charge in [-0.3, -0.25) is 4.98 Å². The molecule has 0 aliphatic carbocycles. The van der Waals surface area contributed by atoms with Crippen LogP contribution in [0, 0.1) is 0 Å². The quantitative estimate of drug-likeness (QED) is 0.825. The van der Waals surface area contributed by atoms with Crippen molar-refractivity contribution in [1.82, 2.24) is 15.1 Å². The molecule has 0 saturated carbocycles. The molecule has 2 rings (SSSR count). The first kappa shape index (κ1) is 14.6. The molecule has 2 heterocycles. The van der Waals surface area contributed by atoms with Gasteiger partial charge in [0.1, 0.15) is 5.69 Å². The van der Waals surface area contributed by atoms with Gasteiger partial charge in [-0.2, -0.15) is 4.98 Å². The number of hydrogen-bond acceptors (Lipinski definition) is 6. The van der Waals surface area contributed by atoms with Crippen molar-refractivity contribution in [3.63, 3.8) is 0 Å². The van der Waals surface area contributed by atoms with Crippen LogP contribution in [0.4, 0.5) is 0 Å². The van der Waals surface area contributed by atoms with E-state index in [0.29, 0.717) is 17.4 Å². The molecular formula is C11H12Br2N4O2. The van der Waals surface area contributed by atoms with Crippen LogP contribution in [0.2, 0.25) is 0 Å². The second-order valence-electron chi connectivity index (χ2n) is 4.37. The summed E-state index contributed by atoms with van der Waals surface area (Å²) in [6.07, 6.45) is 1.84. The van der Waals surface area contributed by atoms with E-state index in [9.17, 15) is 5.11 Å². The molecule has 0 radical (unpaired) electrons. The Bertz CT molecular complexity index is 586. The van der Waals surface area contributed by atoms with Crippen molar-refractivity contribution in [2.24, 2.45) is 5.73 Å². The summed E-state index contributed by atoms with van der Waals surface area (Å²) in [5.41, 5.74) is 4.96. The summed E-state index contributed by atoms with van der Waals surface area (Å²) >= 11 is 6.70. The number of pyridine rings is 1. The minimum Gasteiger partial charge on any atom is -0.388 e. The van der Waals surface area contributed by atoms with E-state index in [4.69, 9.17) is 10.3 Å². The number of hydrogen-bond donors (Lipinski definition) is 2. The lowest BCUT2D eigenvalue weighted by Crippen LogP contribution is -2.36. The molecule has 0 fully saturated rings. The van der Waals surface area contributed by atoms with Gasteiger partial charge in [-0.05, 0) is 44.8 Å². The lowest BCUT2D eigenvalue weighted by molar-refractivity contribution is 0.0610. The Hall–Kier alpha value is -0.830. The largest absolute Gasteiger partial charge is 0.388 e. The lowest BCUT2D eigenvalue weighted by Gasteiger charge is -2.17. The van der Waals surface area contributed by atoms with Gasteiger partial charge in [-0.25, -0.2) is 0 Å². The smallest absolute Gasteiger partial charge is 0.229 e. The predicted molar refractivity (Wildman–Crippen MR) is 76.3 cm³/mol. The van der Waals surface area contributed by atoms with Gasteiger partial charge in [0.2, 0.25) is 11.7 Å². The summed E-state index contributed by atoms with van der Waals surface area (Å²) < 4.78 is 6.69. The van der Waals surface area contributed by atoms with Crippen molar-refractivity contribution in [3.8, 4) is 11.5 Å². The van der Waals surface area contributed by atoms with E-state index in [2.05, 4.69) is 47.0 Å². The molecule has 1 unspecified atom stereocenters. The van der Waals surface area contributed by atoms with Gasteiger partial charge < -0.3 is 15.4 Å². The lowest BCUT2D eigenvalue weighted by atomic mass is 10.0. The van der Waals surface area contributed by atoms with Gasteiger partial charge in [-0.15, -0.1) is 0 Å². The molecule has 0 aliphatic rings. The van der Waals surface area contributed by atoms with Crippen molar-refractivity contribution < 1.29 is 9.63 Å². The molecule has 0 amide bonds. The van der Waals surface area contributed by atoms with Crippen LogP contribution in [0.5, 0.6) is 0 Å². The van der Waals surface area contributed by atoms with Crippen LogP contribution in [-0.2, 0) is 6.42 Å². The van der Waals surface area contributed by atoms with Crippen molar-refractivity contribution in [1.29, 1.82) is 0 Å². The Morgan fingerprint density at radius 2 is 2.21 bits per heavy atom. The molecule has 0 aliphatic heterocycles. The van der Waals surface area contributed by atoms with Crippen LogP contribution >= 0.6 is 31.9 Å². The zero-order chi connectivity index (χ0) is 14.0. The number of halogens is 2. The van der Waals surface area contributed by atoms with E-state index in [-0.39, 0.29) is 13.0 Å². The van der Waals surface area contributed by atoms with Gasteiger partial charge >= 0.3 is 0 Å². The maximum Gasteiger partial charge on any atom is 0.229 e. The fraction of sp³-hybridized carbons (Fsp3) is 0.364. The van der Waals surface area contributed by atoms with Gasteiger partial charge in [0.05, 0.1) is 12.0 Å². The van der Waals surface area contributed by atoms with Crippen LogP contribution in [0.15, 0.2) is 25.7 Å². The van der Waals surface area contributed by atoms with Gasteiger partial charge in [-0.1, -0.05) is 5.16 Å². The molecule has 8 heteroatoms. The molecule has 19 heavy (non-hydrogen) atoms. The highest BCUT2D eigenvalue weighted by Crippen LogP contribution is 2.26. The van der Waals surface area contributed by atoms with Crippen molar-refractivity contribution in [2.75, 3.05) is 6.54 Å². The number of aromatic nitrogens is 3. The molecule has 0 spiro atoms.